The van der Waals surface area contributed by atoms with Crippen LogP contribution in [0, 0.1) is 0 Å². The second-order valence-corrected chi connectivity index (χ2v) is 5.67. The number of rotatable bonds is 5. The quantitative estimate of drug-likeness (QED) is 0.913. The van der Waals surface area contributed by atoms with Crippen LogP contribution in [0.4, 0.5) is 0 Å². The van der Waals surface area contributed by atoms with Crippen molar-refractivity contribution < 1.29 is 9.59 Å². The summed E-state index contributed by atoms with van der Waals surface area (Å²) < 4.78 is 1.13. The van der Waals surface area contributed by atoms with E-state index in [2.05, 4.69) is 10.3 Å². The molecular weight excluding hydrogens is 274 g/mol. The summed E-state index contributed by atoms with van der Waals surface area (Å²) in [6.45, 7) is 2.31. The number of nitrogens with one attached hydrogen (secondary N) is 1. The van der Waals surface area contributed by atoms with Gasteiger partial charge in [-0.05, 0) is 12.1 Å². The zero-order valence-electron chi connectivity index (χ0n) is 11.5. The Bertz CT molecular complexity index is 591. The fourth-order valence-electron chi connectivity index (χ4n) is 1.81. The number of aromatic nitrogens is 1. The molecule has 1 N–H and O–H groups in total. The van der Waals surface area contributed by atoms with Crippen LogP contribution in [-0.2, 0) is 16.1 Å². The van der Waals surface area contributed by atoms with E-state index in [-0.39, 0.29) is 11.8 Å². The zero-order valence-corrected chi connectivity index (χ0v) is 12.4. The lowest BCUT2D eigenvalue weighted by Crippen LogP contribution is -2.30. The van der Waals surface area contributed by atoms with Gasteiger partial charge in [0.25, 0.3) is 0 Å². The van der Waals surface area contributed by atoms with E-state index in [0.717, 1.165) is 15.2 Å². The second kappa shape index (κ2) is 6.47. The van der Waals surface area contributed by atoms with Crippen molar-refractivity contribution in [2.24, 2.45) is 0 Å². The number of amides is 2. The normalized spacial score (nSPS) is 10.5. The molecule has 1 aromatic carbocycles. The van der Waals surface area contributed by atoms with Crippen LogP contribution in [0.1, 0.15) is 18.4 Å². The van der Waals surface area contributed by atoms with Crippen molar-refractivity contribution in [3.8, 4) is 0 Å². The highest BCUT2D eigenvalue weighted by Crippen LogP contribution is 2.22. The molecule has 2 rings (SSSR count). The summed E-state index contributed by atoms with van der Waals surface area (Å²) in [7, 11) is 1.75. The predicted molar refractivity (Wildman–Crippen MR) is 79.4 cm³/mol. The predicted octanol–water partition coefficient (Wildman–Crippen LogP) is 1.78. The molecule has 2 amide bonds. The fourth-order valence-corrected chi connectivity index (χ4v) is 2.84. The molecule has 1 aromatic heterocycles. The molecule has 2 aromatic rings. The van der Waals surface area contributed by atoms with E-state index in [4.69, 9.17) is 0 Å². The highest BCUT2D eigenvalue weighted by Gasteiger charge is 2.12. The highest BCUT2D eigenvalue weighted by molar-refractivity contribution is 7.18. The monoisotopic (exact) mass is 291 g/mol. The van der Waals surface area contributed by atoms with Crippen molar-refractivity contribution in [3.05, 3.63) is 29.3 Å². The SMILES string of the molecule is CC(=O)NCCC(=O)N(C)Cc1nc2ccccc2s1. The first-order chi connectivity index (χ1) is 9.56. The Kier molecular flexibility index (Phi) is 4.68. The topological polar surface area (TPSA) is 62.3 Å². The van der Waals surface area contributed by atoms with Crippen LogP contribution in [0.15, 0.2) is 24.3 Å². The third kappa shape index (κ3) is 3.77. The van der Waals surface area contributed by atoms with Crippen LogP contribution in [0.5, 0.6) is 0 Å². The molecule has 0 aliphatic carbocycles. The van der Waals surface area contributed by atoms with Gasteiger partial charge in [-0.2, -0.15) is 0 Å². The van der Waals surface area contributed by atoms with Gasteiger partial charge in [0, 0.05) is 26.9 Å². The third-order valence-electron chi connectivity index (χ3n) is 2.85. The first-order valence-corrected chi connectivity index (χ1v) is 7.21. The molecule has 5 nitrogen and oxygen atoms in total. The number of carbonyl (C=O) groups excluding carboxylic acids is 2. The minimum Gasteiger partial charge on any atom is -0.356 e. The highest BCUT2D eigenvalue weighted by atomic mass is 32.1. The lowest BCUT2D eigenvalue weighted by Gasteiger charge is -2.15. The Balaban J connectivity index is 1.91. The molecule has 0 fully saturated rings. The fraction of sp³-hybridized carbons (Fsp3) is 0.357. The average molecular weight is 291 g/mol. The summed E-state index contributed by atoms with van der Waals surface area (Å²) in [6, 6.07) is 7.92. The summed E-state index contributed by atoms with van der Waals surface area (Å²) in [5.74, 6) is -0.121. The Morgan fingerprint density at radius 3 is 2.80 bits per heavy atom. The molecule has 0 saturated heterocycles. The van der Waals surface area contributed by atoms with Crippen molar-refractivity contribution in [1.82, 2.24) is 15.2 Å². The van der Waals surface area contributed by atoms with E-state index in [0.29, 0.717) is 19.5 Å². The molecule has 0 spiro atoms. The molecule has 106 valence electrons. The standard InChI is InChI=1S/C14H17N3O2S/c1-10(18)15-8-7-14(19)17(2)9-13-16-11-5-3-4-6-12(11)20-13/h3-6H,7-9H2,1-2H3,(H,15,18). The van der Waals surface area contributed by atoms with Gasteiger partial charge >= 0.3 is 0 Å². The number of para-hydroxylation sites is 1. The van der Waals surface area contributed by atoms with Crippen molar-refractivity contribution in [2.45, 2.75) is 19.9 Å². The molecule has 6 heteroatoms. The molecule has 1 heterocycles. The van der Waals surface area contributed by atoms with Crippen molar-refractivity contribution >= 4 is 33.4 Å². The van der Waals surface area contributed by atoms with E-state index in [1.54, 1.807) is 23.3 Å². The van der Waals surface area contributed by atoms with Crippen LogP contribution in [0.3, 0.4) is 0 Å². The molecular formula is C14H17N3O2S. The molecule has 20 heavy (non-hydrogen) atoms. The number of hydrogen-bond acceptors (Lipinski definition) is 4. The maximum Gasteiger partial charge on any atom is 0.224 e. The number of benzene rings is 1. The van der Waals surface area contributed by atoms with Gasteiger partial charge in [-0.1, -0.05) is 12.1 Å². The number of nitrogens with zero attached hydrogens (tertiary/aromatic N) is 2. The Morgan fingerprint density at radius 2 is 2.10 bits per heavy atom. The van der Waals surface area contributed by atoms with Gasteiger partial charge in [0.05, 0.1) is 16.8 Å². The molecule has 0 radical (unpaired) electrons. The van der Waals surface area contributed by atoms with Gasteiger partial charge in [-0.3, -0.25) is 9.59 Å². The van der Waals surface area contributed by atoms with Gasteiger partial charge < -0.3 is 10.2 Å². The number of carbonyl (C=O) groups is 2. The van der Waals surface area contributed by atoms with Crippen LogP contribution < -0.4 is 5.32 Å². The lowest BCUT2D eigenvalue weighted by atomic mass is 10.3. The Hall–Kier alpha value is -1.95. The third-order valence-corrected chi connectivity index (χ3v) is 3.87. The van der Waals surface area contributed by atoms with Crippen LogP contribution in [0.25, 0.3) is 10.2 Å². The van der Waals surface area contributed by atoms with Crippen LogP contribution >= 0.6 is 11.3 Å². The Labute approximate surface area is 121 Å². The minimum absolute atomic E-state index is 0.00185. The first kappa shape index (κ1) is 14.5. The lowest BCUT2D eigenvalue weighted by molar-refractivity contribution is -0.130. The minimum atomic E-state index is -0.119. The van der Waals surface area contributed by atoms with E-state index in [1.165, 1.54) is 6.92 Å². The summed E-state index contributed by atoms with van der Waals surface area (Å²) in [5, 5.41) is 3.54. The van der Waals surface area contributed by atoms with Crippen molar-refractivity contribution in [1.29, 1.82) is 0 Å². The zero-order chi connectivity index (χ0) is 14.5. The van der Waals surface area contributed by atoms with E-state index in [9.17, 15) is 9.59 Å². The molecule has 0 aliphatic rings. The maximum atomic E-state index is 11.9. The number of thiazole rings is 1. The van der Waals surface area contributed by atoms with Gasteiger partial charge in [0.1, 0.15) is 5.01 Å². The van der Waals surface area contributed by atoms with Gasteiger partial charge in [0.15, 0.2) is 0 Å². The van der Waals surface area contributed by atoms with Gasteiger partial charge in [0.2, 0.25) is 11.8 Å². The van der Waals surface area contributed by atoms with Gasteiger partial charge in [-0.25, -0.2) is 4.98 Å². The van der Waals surface area contributed by atoms with Crippen molar-refractivity contribution in [2.75, 3.05) is 13.6 Å². The summed E-state index contributed by atoms with van der Waals surface area (Å²) in [4.78, 5) is 28.8. The molecule has 0 aliphatic heterocycles. The number of fused-ring (bicyclic) bond motifs is 1. The smallest absolute Gasteiger partial charge is 0.224 e. The summed E-state index contributed by atoms with van der Waals surface area (Å²) in [5.41, 5.74) is 0.964. The van der Waals surface area contributed by atoms with Crippen LogP contribution in [-0.4, -0.2) is 35.3 Å². The van der Waals surface area contributed by atoms with E-state index < -0.39 is 0 Å². The maximum absolute atomic E-state index is 11.9. The summed E-state index contributed by atoms with van der Waals surface area (Å²) >= 11 is 1.60. The molecule has 0 saturated carbocycles. The van der Waals surface area contributed by atoms with E-state index in [1.807, 2.05) is 24.3 Å². The largest absolute Gasteiger partial charge is 0.356 e. The first-order valence-electron chi connectivity index (χ1n) is 6.39. The summed E-state index contributed by atoms with van der Waals surface area (Å²) in [6.07, 6.45) is 0.307. The molecule has 0 unspecified atom stereocenters. The van der Waals surface area contributed by atoms with Gasteiger partial charge in [-0.15, -0.1) is 11.3 Å². The average Bonchev–Trinajstić information content (AvgIpc) is 2.80. The van der Waals surface area contributed by atoms with Crippen molar-refractivity contribution in [3.63, 3.8) is 0 Å². The molecule has 0 atom stereocenters. The number of hydrogen-bond donors (Lipinski definition) is 1. The Morgan fingerprint density at radius 1 is 1.35 bits per heavy atom. The van der Waals surface area contributed by atoms with E-state index >= 15 is 0 Å². The second-order valence-electron chi connectivity index (χ2n) is 4.56. The van der Waals surface area contributed by atoms with Crippen LogP contribution in [0.2, 0.25) is 0 Å². The molecule has 0 bridgehead atoms.